The predicted molar refractivity (Wildman–Crippen MR) is 139 cm³/mol. The van der Waals surface area contributed by atoms with Crippen molar-refractivity contribution in [3.63, 3.8) is 0 Å². The normalized spacial score (nSPS) is 16.1. The second kappa shape index (κ2) is 11.4. The van der Waals surface area contributed by atoms with Crippen LogP contribution in [0.2, 0.25) is 0 Å². The first-order valence-corrected chi connectivity index (χ1v) is 12.6. The Morgan fingerprint density at radius 1 is 1.11 bits per heavy atom. The Kier molecular flexibility index (Phi) is 8.19. The Bertz CT molecular complexity index is 1280. The molecule has 1 fully saturated rings. The molecule has 0 unspecified atom stereocenters. The molecule has 0 aliphatic heterocycles. The highest BCUT2D eigenvalue weighted by molar-refractivity contribution is 6.28. The first-order chi connectivity index (χ1) is 17.6. The zero-order valence-electron chi connectivity index (χ0n) is 21.2. The van der Waals surface area contributed by atoms with E-state index in [1.165, 1.54) is 37.5 Å². The van der Waals surface area contributed by atoms with Crippen molar-refractivity contribution >= 4 is 17.3 Å². The summed E-state index contributed by atoms with van der Waals surface area (Å²) >= 11 is 0. The number of carbonyl (C=O) groups is 2. The second-order valence-electron chi connectivity index (χ2n) is 9.98. The van der Waals surface area contributed by atoms with E-state index in [4.69, 9.17) is 0 Å². The van der Waals surface area contributed by atoms with E-state index in [1.807, 2.05) is 37.2 Å². The zero-order chi connectivity index (χ0) is 26.6. The first-order valence-electron chi connectivity index (χ1n) is 12.6. The number of halogens is 3. The molecule has 2 aromatic rings. The summed E-state index contributed by atoms with van der Waals surface area (Å²) in [6.45, 7) is 0.536. The maximum atomic E-state index is 13.6. The van der Waals surface area contributed by atoms with Crippen molar-refractivity contribution in [1.29, 1.82) is 0 Å². The van der Waals surface area contributed by atoms with Crippen LogP contribution in [0.15, 0.2) is 48.0 Å². The number of benzene rings is 2. The summed E-state index contributed by atoms with van der Waals surface area (Å²) in [7, 11) is 3.82. The number of anilines is 1. The minimum Gasteiger partial charge on any atom is -0.382 e. The van der Waals surface area contributed by atoms with Crippen LogP contribution in [-0.2, 0) is 23.8 Å². The summed E-state index contributed by atoms with van der Waals surface area (Å²) in [5, 5.41) is 3.57. The Morgan fingerprint density at radius 3 is 2.57 bits per heavy atom. The fraction of sp³-hybridized carbons (Fsp3) is 0.400. The molecule has 4 nitrogen and oxygen atoms in total. The molecule has 0 radical (unpaired) electrons. The fourth-order valence-corrected chi connectivity index (χ4v) is 4.93. The molecule has 2 aromatic carbocycles. The smallest absolute Gasteiger partial charge is 0.382 e. The molecule has 0 atom stereocenters. The van der Waals surface area contributed by atoms with Crippen molar-refractivity contribution in [2.75, 3.05) is 26.0 Å². The van der Waals surface area contributed by atoms with Gasteiger partial charge in [-0.3, -0.25) is 14.5 Å². The third kappa shape index (κ3) is 6.50. The number of ketones is 2. The topological polar surface area (TPSA) is 49.4 Å². The summed E-state index contributed by atoms with van der Waals surface area (Å²) in [4.78, 5) is 28.3. The molecule has 7 heteroatoms. The molecule has 37 heavy (non-hydrogen) atoms. The molecule has 2 aliphatic carbocycles. The number of hydrogen-bond donors (Lipinski definition) is 1. The van der Waals surface area contributed by atoms with E-state index in [0.29, 0.717) is 23.7 Å². The van der Waals surface area contributed by atoms with Crippen molar-refractivity contribution in [2.24, 2.45) is 0 Å². The molecule has 0 spiro atoms. The highest BCUT2D eigenvalue weighted by atomic mass is 19.4. The number of carbonyl (C=O) groups excluding carboxylic acids is 2. The minimum absolute atomic E-state index is 0.103. The summed E-state index contributed by atoms with van der Waals surface area (Å²) in [6.07, 6.45) is 2.63. The van der Waals surface area contributed by atoms with Gasteiger partial charge in [0.15, 0.2) is 11.6 Å². The van der Waals surface area contributed by atoms with E-state index in [-0.39, 0.29) is 24.0 Å². The average Bonchev–Trinajstić information content (AvgIpc) is 2.85. The highest BCUT2D eigenvalue weighted by Crippen LogP contribution is 2.36. The average molecular weight is 509 g/mol. The van der Waals surface area contributed by atoms with Crippen LogP contribution in [0.1, 0.15) is 64.7 Å². The molecule has 0 saturated heterocycles. The van der Waals surface area contributed by atoms with Crippen LogP contribution >= 0.6 is 0 Å². The van der Waals surface area contributed by atoms with Gasteiger partial charge in [0, 0.05) is 29.3 Å². The monoisotopic (exact) mass is 508 g/mol. The van der Waals surface area contributed by atoms with Gasteiger partial charge in [-0.05, 0) is 62.7 Å². The molecular weight excluding hydrogens is 477 g/mol. The maximum absolute atomic E-state index is 13.6. The molecule has 0 amide bonds. The first kappa shape index (κ1) is 26.7. The van der Waals surface area contributed by atoms with E-state index in [0.717, 1.165) is 24.6 Å². The van der Waals surface area contributed by atoms with Gasteiger partial charge in [0.25, 0.3) is 0 Å². The van der Waals surface area contributed by atoms with Crippen LogP contribution in [-0.4, -0.2) is 43.1 Å². The lowest BCUT2D eigenvalue weighted by molar-refractivity contribution is -0.138. The largest absolute Gasteiger partial charge is 0.417 e. The van der Waals surface area contributed by atoms with Gasteiger partial charge in [-0.25, -0.2) is 0 Å². The quantitative estimate of drug-likeness (QED) is 0.394. The van der Waals surface area contributed by atoms with Crippen molar-refractivity contribution in [3.05, 3.63) is 75.9 Å². The maximum Gasteiger partial charge on any atom is 0.417 e. The number of Topliss-reactive ketones (excluding diaryl/α,β-unsaturated/α-hetero) is 2. The van der Waals surface area contributed by atoms with Crippen molar-refractivity contribution in [1.82, 2.24) is 4.90 Å². The molecule has 4 rings (SSSR count). The van der Waals surface area contributed by atoms with E-state index >= 15 is 0 Å². The third-order valence-corrected chi connectivity index (χ3v) is 6.81. The molecule has 0 aromatic heterocycles. The van der Waals surface area contributed by atoms with Gasteiger partial charge in [0.2, 0.25) is 0 Å². The summed E-state index contributed by atoms with van der Waals surface area (Å²) < 4.78 is 40.7. The third-order valence-electron chi connectivity index (χ3n) is 6.81. The number of hydrogen-bond acceptors (Lipinski definition) is 4. The number of nitrogens with zero attached hydrogens (tertiary/aromatic N) is 1. The number of rotatable bonds is 6. The minimum atomic E-state index is -4.68. The Morgan fingerprint density at radius 2 is 1.86 bits per heavy atom. The Labute approximate surface area is 215 Å². The fourth-order valence-electron chi connectivity index (χ4n) is 4.93. The lowest BCUT2D eigenvalue weighted by Gasteiger charge is -2.24. The van der Waals surface area contributed by atoms with Crippen LogP contribution in [0.25, 0.3) is 0 Å². The van der Waals surface area contributed by atoms with Gasteiger partial charge >= 0.3 is 6.18 Å². The van der Waals surface area contributed by atoms with E-state index in [1.54, 1.807) is 0 Å². The van der Waals surface area contributed by atoms with Gasteiger partial charge in [0.1, 0.15) is 0 Å². The van der Waals surface area contributed by atoms with E-state index < -0.39 is 28.9 Å². The number of fused-ring (bicyclic) bond motifs is 1. The molecule has 0 bridgehead atoms. The molecule has 0 heterocycles. The predicted octanol–water partition coefficient (Wildman–Crippen LogP) is 5.84. The number of allylic oxidation sites excluding steroid dienone is 2. The second-order valence-corrected chi connectivity index (χ2v) is 9.98. The molecule has 2 aliphatic rings. The summed E-state index contributed by atoms with van der Waals surface area (Å²) in [5.41, 5.74) is 0.922. The van der Waals surface area contributed by atoms with Crippen LogP contribution < -0.4 is 5.32 Å². The van der Waals surface area contributed by atoms with Crippen LogP contribution in [0.5, 0.6) is 0 Å². The van der Waals surface area contributed by atoms with E-state index in [9.17, 15) is 22.8 Å². The van der Waals surface area contributed by atoms with Crippen molar-refractivity contribution in [2.45, 2.75) is 57.2 Å². The van der Waals surface area contributed by atoms with Crippen LogP contribution in [0.3, 0.4) is 0 Å². The van der Waals surface area contributed by atoms with Gasteiger partial charge in [0.05, 0.1) is 17.7 Å². The van der Waals surface area contributed by atoms with Crippen LogP contribution in [0.4, 0.5) is 18.9 Å². The standard InChI is InChI=1S/C30H31F3N2O2/c1-35(2)17-7-9-21-18-24(34-23-10-4-3-5-11-23)15-13-22(21)19-27(36)25-16-14-20-8-6-12-26(30(31,32)33)28(20)29(25)37/h6,8,12-13,15-16,18,23,34H,3-5,10-11,14,17,19H2,1-2H3. The lowest BCUT2D eigenvalue weighted by atomic mass is 9.84. The van der Waals surface area contributed by atoms with E-state index in [2.05, 4.69) is 17.2 Å². The lowest BCUT2D eigenvalue weighted by Crippen LogP contribution is -2.24. The van der Waals surface area contributed by atoms with Gasteiger partial charge in [-0.1, -0.05) is 55.4 Å². The zero-order valence-corrected chi connectivity index (χ0v) is 21.2. The Balaban J connectivity index is 1.59. The van der Waals surface area contributed by atoms with Gasteiger partial charge in [-0.2, -0.15) is 13.2 Å². The number of alkyl halides is 3. The van der Waals surface area contributed by atoms with Crippen LogP contribution in [0, 0.1) is 11.8 Å². The van der Waals surface area contributed by atoms with Gasteiger partial charge in [-0.15, -0.1) is 0 Å². The van der Waals surface area contributed by atoms with Crippen molar-refractivity contribution in [3.8, 4) is 11.8 Å². The molecule has 194 valence electrons. The summed E-state index contributed by atoms with van der Waals surface area (Å²) in [6, 6.07) is 9.73. The van der Waals surface area contributed by atoms with Gasteiger partial charge < -0.3 is 5.32 Å². The molecule has 1 saturated carbocycles. The molecule has 1 N–H and O–H groups in total. The highest BCUT2D eigenvalue weighted by Gasteiger charge is 2.38. The van der Waals surface area contributed by atoms with Crippen molar-refractivity contribution < 1.29 is 22.8 Å². The molecular formula is C30H31F3N2O2. The Hall–Kier alpha value is -3.37. The summed E-state index contributed by atoms with van der Waals surface area (Å²) in [5.74, 6) is 4.88. The number of nitrogens with one attached hydrogen (secondary N) is 1. The SMILES string of the molecule is CN(C)CC#Cc1cc(NC2CCCCC2)ccc1CC(=O)C1=CCc2cccc(C(F)(F)F)c2C1=O.